The van der Waals surface area contributed by atoms with Crippen LogP contribution in [0.2, 0.25) is 0 Å². The van der Waals surface area contributed by atoms with Crippen molar-refractivity contribution in [2.24, 2.45) is 11.5 Å². The number of H-pyrrole nitrogens is 1. The van der Waals surface area contributed by atoms with Crippen molar-refractivity contribution in [1.82, 2.24) is 20.9 Å². The van der Waals surface area contributed by atoms with Crippen molar-refractivity contribution in [3.63, 3.8) is 0 Å². The number of para-hydroxylation sites is 1. The number of carbonyl (C=O) groups is 5. The highest BCUT2D eigenvalue weighted by molar-refractivity contribution is 7.80. The van der Waals surface area contributed by atoms with Crippen molar-refractivity contribution in [1.29, 1.82) is 0 Å². The van der Waals surface area contributed by atoms with Crippen molar-refractivity contribution in [3.05, 3.63) is 36.0 Å². The van der Waals surface area contributed by atoms with Gasteiger partial charge in [-0.05, 0) is 18.1 Å². The molecular weight excluding hydrogens is 464 g/mol. The van der Waals surface area contributed by atoms with E-state index >= 15 is 0 Å². The predicted octanol–water partition coefficient (Wildman–Crippen LogP) is -1.60. The molecule has 0 saturated heterocycles. The zero-order valence-corrected chi connectivity index (χ0v) is 19.1. The Labute approximate surface area is 200 Å². The molecule has 2 aromatic rings. The maximum absolute atomic E-state index is 13.1. The number of rotatable bonds is 13. The number of thiol groups is 1. The van der Waals surface area contributed by atoms with Crippen LogP contribution in [-0.4, -0.2) is 70.1 Å². The lowest BCUT2D eigenvalue weighted by Gasteiger charge is -2.23. The quantitative estimate of drug-likeness (QED) is 0.153. The summed E-state index contributed by atoms with van der Waals surface area (Å²) < 4.78 is 0. The fraction of sp³-hybridized carbons (Fsp3) is 0.381. The third-order valence-electron chi connectivity index (χ3n) is 4.99. The minimum Gasteiger partial charge on any atom is -0.480 e. The molecule has 13 heteroatoms. The zero-order valence-electron chi connectivity index (χ0n) is 18.2. The largest absolute Gasteiger partial charge is 0.480 e. The van der Waals surface area contributed by atoms with E-state index in [1.807, 2.05) is 24.3 Å². The van der Waals surface area contributed by atoms with Gasteiger partial charge < -0.3 is 37.5 Å². The van der Waals surface area contributed by atoms with Gasteiger partial charge in [0, 0.05) is 35.7 Å². The van der Waals surface area contributed by atoms with E-state index in [1.165, 1.54) is 0 Å². The molecular formula is C21H28N6O6S. The standard InChI is InChI=1S/C21H28N6O6S/c22-13(10-34)19(31)27-16(7-11-8-24-14-4-2-1-3-12(11)14)21(33)26-15(5-6-17(23)28)20(32)25-9-18(29)30/h1-4,8,13,15-16,24,34H,5-7,9-10,22H2,(H2,23,28)(H,25,32)(H,26,33)(H,27,31)(H,29,30). The van der Waals surface area contributed by atoms with Gasteiger partial charge in [-0.15, -0.1) is 0 Å². The van der Waals surface area contributed by atoms with Gasteiger partial charge in [0.15, 0.2) is 0 Å². The first-order chi connectivity index (χ1) is 16.1. The first kappa shape index (κ1) is 26.7. The number of amides is 4. The van der Waals surface area contributed by atoms with Gasteiger partial charge in [-0.3, -0.25) is 24.0 Å². The molecule has 4 amide bonds. The zero-order chi connectivity index (χ0) is 25.3. The Bertz CT molecular complexity index is 1060. The Morgan fingerprint density at radius 2 is 1.71 bits per heavy atom. The molecule has 0 spiro atoms. The summed E-state index contributed by atoms with van der Waals surface area (Å²) in [6, 6.07) is 4.05. The summed E-state index contributed by atoms with van der Waals surface area (Å²) in [4.78, 5) is 63.0. The summed E-state index contributed by atoms with van der Waals surface area (Å²) in [7, 11) is 0. The number of aromatic nitrogens is 1. The number of hydrogen-bond donors (Lipinski definition) is 8. The van der Waals surface area contributed by atoms with E-state index in [-0.39, 0.29) is 25.0 Å². The van der Waals surface area contributed by atoms with Crippen LogP contribution in [-0.2, 0) is 30.4 Å². The number of carboxylic acid groups (broad SMARTS) is 1. The lowest BCUT2D eigenvalue weighted by atomic mass is 10.0. The topological polar surface area (TPSA) is 209 Å². The minimum atomic E-state index is -1.28. The molecule has 12 nitrogen and oxygen atoms in total. The molecule has 0 radical (unpaired) electrons. The van der Waals surface area contributed by atoms with Gasteiger partial charge in [0.2, 0.25) is 23.6 Å². The number of nitrogens with one attached hydrogen (secondary N) is 4. The van der Waals surface area contributed by atoms with Crippen molar-refractivity contribution in [2.45, 2.75) is 37.4 Å². The van der Waals surface area contributed by atoms with E-state index in [9.17, 15) is 24.0 Å². The van der Waals surface area contributed by atoms with Gasteiger partial charge in [0.1, 0.15) is 18.6 Å². The third kappa shape index (κ3) is 7.78. The van der Waals surface area contributed by atoms with Crippen molar-refractivity contribution in [2.75, 3.05) is 12.3 Å². The second-order valence-electron chi connectivity index (χ2n) is 7.59. The summed E-state index contributed by atoms with van der Waals surface area (Å²) in [5.41, 5.74) is 12.5. The number of aromatic amines is 1. The number of hydrogen-bond acceptors (Lipinski definition) is 7. The molecule has 0 fully saturated rings. The van der Waals surface area contributed by atoms with E-state index in [4.69, 9.17) is 16.6 Å². The highest BCUT2D eigenvalue weighted by atomic mass is 32.1. The van der Waals surface area contributed by atoms with Crippen LogP contribution in [0, 0.1) is 0 Å². The van der Waals surface area contributed by atoms with Crippen LogP contribution in [0.1, 0.15) is 18.4 Å². The number of nitrogens with two attached hydrogens (primary N) is 2. The van der Waals surface area contributed by atoms with Crippen LogP contribution in [0.25, 0.3) is 10.9 Å². The summed E-state index contributed by atoms with van der Waals surface area (Å²) in [6.45, 7) is -0.673. The van der Waals surface area contributed by atoms with Crippen LogP contribution in [0.4, 0.5) is 0 Å². The first-order valence-electron chi connectivity index (χ1n) is 10.4. The van der Waals surface area contributed by atoms with Crippen molar-refractivity contribution >= 4 is 53.1 Å². The molecule has 1 heterocycles. The molecule has 2 rings (SSSR count). The Hall–Kier alpha value is -3.58. The molecule has 0 saturated carbocycles. The van der Waals surface area contributed by atoms with Crippen LogP contribution >= 0.6 is 12.6 Å². The molecule has 184 valence electrons. The normalized spacial score (nSPS) is 13.5. The van der Waals surface area contributed by atoms with Gasteiger partial charge in [-0.2, -0.15) is 12.6 Å². The fourth-order valence-corrected chi connectivity index (χ4v) is 3.37. The molecule has 34 heavy (non-hydrogen) atoms. The molecule has 9 N–H and O–H groups in total. The maximum atomic E-state index is 13.1. The Morgan fingerprint density at radius 1 is 1.03 bits per heavy atom. The Morgan fingerprint density at radius 3 is 2.35 bits per heavy atom. The Kier molecular flexibility index (Phi) is 9.89. The minimum absolute atomic E-state index is 0.0477. The number of fused-ring (bicyclic) bond motifs is 1. The number of carboxylic acids is 1. The van der Waals surface area contributed by atoms with Gasteiger partial charge >= 0.3 is 5.97 Å². The molecule has 3 atom stereocenters. The van der Waals surface area contributed by atoms with Gasteiger partial charge in [0.05, 0.1) is 6.04 Å². The average molecular weight is 493 g/mol. The lowest BCUT2D eigenvalue weighted by Crippen LogP contribution is -2.57. The maximum Gasteiger partial charge on any atom is 0.322 e. The smallest absolute Gasteiger partial charge is 0.322 e. The van der Waals surface area contributed by atoms with E-state index < -0.39 is 54.3 Å². The van der Waals surface area contributed by atoms with E-state index in [2.05, 4.69) is 33.6 Å². The first-order valence-corrected chi connectivity index (χ1v) is 11.1. The number of carbonyl (C=O) groups excluding carboxylic acids is 4. The predicted molar refractivity (Wildman–Crippen MR) is 127 cm³/mol. The monoisotopic (exact) mass is 492 g/mol. The van der Waals surface area contributed by atoms with E-state index in [0.29, 0.717) is 0 Å². The molecule has 3 unspecified atom stereocenters. The second-order valence-corrected chi connectivity index (χ2v) is 7.96. The number of primary amides is 1. The van der Waals surface area contributed by atoms with Crippen LogP contribution in [0.5, 0.6) is 0 Å². The molecule has 0 aliphatic rings. The fourth-order valence-electron chi connectivity index (χ4n) is 3.21. The average Bonchev–Trinajstić information content (AvgIpc) is 3.21. The summed E-state index contributed by atoms with van der Waals surface area (Å²) in [6.07, 6.45) is 1.39. The molecule has 0 aliphatic heterocycles. The molecule has 1 aromatic heterocycles. The summed E-state index contributed by atoms with van der Waals surface area (Å²) in [5, 5.41) is 16.9. The molecule has 0 aliphatic carbocycles. The molecule has 1 aromatic carbocycles. The van der Waals surface area contributed by atoms with E-state index in [1.54, 1.807) is 6.20 Å². The summed E-state index contributed by atoms with van der Waals surface area (Å²) in [5.74, 6) is -4.07. The summed E-state index contributed by atoms with van der Waals surface area (Å²) >= 11 is 4.00. The van der Waals surface area contributed by atoms with Crippen LogP contribution in [0.15, 0.2) is 30.5 Å². The third-order valence-corrected chi connectivity index (χ3v) is 5.39. The van der Waals surface area contributed by atoms with Gasteiger partial charge in [-0.1, -0.05) is 18.2 Å². The van der Waals surface area contributed by atoms with Crippen LogP contribution < -0.4 is 27.4 Å². The lowest BCUT2D eigenvalue weighted by molar-refractivity contribution is -0.138. The van der Waals surface area contributed by atoms with E-state index in [0.717, 1.165) is 16.5 Å². The SMILES string of the molecule is NC(=O)CCC(NC(=O)C(Cc1c[nH]c2ccccc12)NC(=O)C(N)CS)C(=O)NCC(=O)O. The van der Waals surface area contributed by atoms with Gasteiger partial charge in [-0.25, -0.2) is 0 Å². The van der Waals surface area contributed by atoms with Crippen molar-refractivity contribution in [3.8, 4) is 0 Å². The van der Waals surface area contributed by atoms with Crippen molar-refractivity contribution < 1.29 is 29.1 Å². The van der Waals surface area contributed by atoms with Crippen LogP contribution in [0.3, 0.4) is 0 Å². The Balaban J connectivity index is 2.25. The highest BCUT2D eigenvalue weighted by Crippen LogP contribution is 2.19. The molecule has 0 bridgehead atoms. The number of aliphatic carboxylic acids is 1. The second kappa shape index (κ2) is 12.6. The van der Waals surface area contributed by atoms with Gasteiger partial charge in [0.25, 0.3) is 0 Å². The highest BCUT2D eigenvalue weighted by Gasteiger charge is 2.29. The number of benzene rings is 1.